The zero-order valence-corrected chi connectivity index (χ0v) is 23.8. The van der Waals surface area contributed by atoms with E-state index < -0.39 is 10.0 Å². The summed E-state index contributed by atoms with van der Waals surface area (Å²) in [5.41, 5.74) is 1.09. The van der Waals surface area contributed by atoms with E-state index in [0.29, 0.717) is 54.5 Å². The summed E-state index contributed by atoms with van der Waals surface area (Å²) in [4.78, 5) is 20.4. The van der Waals surface area contributed by atoms with Crippen LogP contribution in [0.15, 0.2) is 27.9 Å². The summed E-state index contributed by atoms with van der Waals surface area (Å²) in [6.45, 7) is 8.44. The number of piperazine rings is 1. The molecule has 3 heterocycles. The molecule has 10 nitrogen and oxygen atoms in total. The maximum Gasteiger partial charge on any atom is 0.277 e. The fourth-order valence-corrected chi connectivity index (χ4v) is 5.71. The average Bonchev–Trinajstić information content (AvgIpc) is 3.09. The number of ether oxygens (including phenoxy) is 1. The van der Waals surface area contributed by atoms with Crippen LogP contribution in [-0.2, 0) is 16.4 Å². The third-order valence-electron chi connectivity index (χ3n) is 6.27. The Morgan fingerprint density at radius 3 is 2.49 bits per heavy atom. The van der Waals surface area contributed by atoms with Crippen molar-refractivity contribution in [2.75, 3.05) is 46.9 Å². The molecule has 3 aromatic rings. The first-order valence-electron chi connectivity index (χ1n) is 11.7. The van der Waals surface area contributed by atoms with Gasteiger partial charge in [0.05, 0.1) is 63.0 Å². The number of nitrogens with zero attached hydrogens (tertiary/aromatic N) is 5. The van der Waals surface area contributed by atoms with Crippen LogP contribution in [0.4, 0.5) is 0 Å². The molecule has 0 bridgehead atoms. The van der Waals surface area contributed by atoms with Crippen LogP contribution in [0.1, 0.15) is 31.8 Å². The van der Waals surface area contributed by atoms with Gasteiger partial charge in [0.2, 0.25) is 10.0 Å². The third kappa shape index (κ3) is 5.39. The molecular weight excluding hydrogens is 583 g/mol. The number of hydrogen-bond acceptors (Lipinski definition) is 6. The van der Waals surface area contributed by atoms with Gasteiger partial charge in [-0.25, -0.2) is 17.9 Å². The van der Waals surface area contributed by atoms with Gasteiger partial charge < -0.3 is 38.2 Å². The summed E-state index contributed by atoms with van der Waals surface area (Å²) < 4.78 is 36.5. The first kappa shape index (κ1) is 27.6. The Morgan fingerprint density at radius 2 is 1.86 bits per heavy atom. The van der Waals surface area contributed by atoms with Crippen LogP contribution in [0.3, 0.4) is 0 Å². The number of nitrogens with one attached hydrogen (secondary N) is 1. The molecule has 0 aliphatic carbocycles. The molecule has 192 valence electrons. The van der Waals surface area contributed by atoms with E-state index in [1.54, 1.807) is 29.6 Å². The molecule has 4 rings (SSSR count). The van der Waals surface area contributed by atoms with Crippen LogP contribution in [0.2, 0.25) is 0 Å². The minimum Gasteiger partial charge on any atom is -1.00 e. The largest absolute Gasteiger partial charge is 1.00 e. The van der Waals surface area contributed by atoms with Gasteiger partial charge in [0, 0.05) is 6.42 Å². The SMILES string of the molecule is CCCc1nc(C)c2c(=O)[nH]c(-c3cc(S(=O)(=O)N4CC[N+](C)(C)CC4)ccc3OCC)nn12.[I-]. The van der Waals surface area contributed by atoms with E-state index in [2.05, 4.69) is 29.2 Å². The van der Waals surface area contributed by atoms with Crippen molar-refractivity contribution in [2.24, 2.45) is 0 Å². The minimum absolute atomic E-state index is 0. The smallest absolute Gasteiger partial charge is 0.277 e. The number of rotatable bonds is 7. The number of aryl methyl sites for hydroxylation is 2. The quantitative estimate of drug-likeness (QED) is 0.265. The van der Waals surface area contributed by atoms with Crippen molar-refractivity contribution in [3.8, 4) is 17.1 Å². The Hall–Kier alpha value is -2.03. The van der Waals surface area contributed by atoms with Gasteiger partial charge in [0.1, 0.15) is 11.6 Å². The second-order valence-corrected chi connectivity index (χ2v) is 11.2. The molecule has 0 unspecified atom stereocenters. The number of quaternary nitrogens is 1. The monoisotopic (exact) mass is 616 g/mol. The van der Waals surface area contributed by atoms with E-state index in [-0.39, 0.29) is 40.3 Å². The van der Waals surface area contributed by atoms with Gasteiger partial charge in [-0.1, -0.05) is 6.92 Å². The van der Waals surface area contributed by atoms with E-state index >= 15 is 0 Å². The molecule has 0 atom stereocenters. The Kier molecular flexibility index (Phi) is 8.29. The summed E-state index contributed by atoms with van der Waals surface area (Å²) in [6.07, 6.45) is 1.52. The third-order valence-corrected chi connectivity index (χ3v) is 8.16. The predicted octanol–water partition coefficient (Wildman–Crippen LogP) is -1.17. The molecule has 35 heavy (non-hydrogen) atoms. The highest BCUT2D eigenvalue weighted by molar-refractivity contribution is 7.89. The Morgan fingerprint density at radius 1 is 1.17 bits per heavy atom. The zero-order chi connectivity index (χ0) is 24.7. The lowest BCUT2D eigenvalue weighted by Gasteiger charge is -2.38. The normalized spacial score (nSPS) is 16.3. The summed E-state index contributed by atoms with van der Waals surface area (Å²) in [6, 6.07) is 4.73. The van der Waals surface area contributed by atoms with Crippen molar-refractivity contribution in [1.29, 1.82) is 0 Å². The van der Waals surface area contributed by atoms with E-state index in [1.165, 1.54) is 4.31 Å². The number of hydrogen-bond donors (Lipinski definition) is 1. The van der Waals surface area contributed by atoms with E-state index in [9.17, 15) is 13.2 Å². The molecule has 12 heteroatoms. The van der Waals surface area contributed by atoms with Gasteiger partial charge in [-0.05, 0) is 38.5 Å². The Labute approximate surface area is 223 Å². The van der Waals surface area contributed by atoms with Crippen molar-refractivity contribution in [1.82, 2.24) is 23.9 Å². The predicted molar refractivity (Wildman–Crippen MR) is 130 cm³/mol. The minimum atomic E-state index is -3.71. The number of benzene rings is 1. The van der Waals surface area contributed by atoms with Crippen LogP contribution < -0.4 is 34.3 Å². The number of imidazole rings is 1. The second-order valence-electron chi connectivity index (χ2n) is 9.30. The van der Waals surface area contributed by atoms with E-state index in [4.69, 9.17) is 4.74 Å². The van der Waals surface area contributed by atoms with Gasteiger partial charge in [0.25, 0.3) is 5.56 Å². The van der Waals surface area contributed by atoms with Gasteiger partial charge in [-0.15, -0.1) is 5.10 Å². The van der Waals surface area contributed by atoms with Crippen molar-refractivity contribution in [2.45, 2.75) is 38.5 Å². The number of aromatic amines is 1. The number of H-pyrrole nitrogens is 1. The molecular formula is C23H33IN6O4S. The highest BCUT2D eigenvalue weighted by Gasteiger charge is 2.33. The number of fused-ring (bicyclic) bond motifs is 1. The lowest BCUT2D eigenvalue weighted by Crippen LogP contribution is -3.00. The molecule has 1 aliphatic heterocycles. The van der Waals surface area contributed by atoms with Gasteiger partial charge in [-0.3, -0.25) is 4.79 Å². The van der Waals surface area contributed by atoms with Gasteiger partial charge in [-0.2, -0.15) is 4.31 Å². The number of halogens is 1. The molecule has 1 aromatic carbocycles. The van der Waals surface area contributed by atoms with Crippen molar-refractivity contribution < 1.29 is 41.6 Å². The number of likely N-dealkylation sites (N-methyl/N-ethyl adjacent to an activating group) is 1. The fraction of sp³-hybridized carbons (Fsp3) is 0.522. The lowest BCUT2D eigenvalue weighted by molar-refractivity contribution is -0.893. The van der Waals surface area contributed by atoms with Crippen LogP contribution in [0, 0.1) is 6.92 Å². The summed E-state index contributed by atoms with van der Waals surface area (Å²) >= 11 is 0. The molecule has 0 spiro atoms. The first-order valence-corrected chi connectivity index (χ1v) is 13.1. The summed E-state index contributed by atoms with van der Waals surface area (Å²) in [7, 11) is 0.487. The molecule has 0 saturated carbocycles. The Balaban J connectivity index is 0.00000342. The number of aromatic nitrogens is 4. The van der Waals surface area contributed by atoms with E-state index in [1.807, 2.05) is 13.8 Å². The summed E-state index contributed by atoms with van der Waals surface area (Å²) in [5.74, 6) is 1.39. The second kappa shape index (κ2) is 10.5. The van der Waals surface area contributed by atoms with Crippen LogP contribution >= 0.6 is 0 Å². The zero-order valence-electron chi connectivity index (χ0n) is 20.8. The highest BCUT2D eigenvalue weighted by atomic mass is 127. The maximum absolute atomic E-state index is 13.4. The number of sulfonamides is 1. The molecule has 2 aromatic heterocycles. The topological polar surface area (TPSA) is 110 Å². The standard InChI is InChI=1S/C23H32N6O4S.HI/c1-6-8-20-24-16(3)21-23(30)25-22(26-28(20)21)18-15-17(9-10-19(18)33-7-2)34(31,32)27-11-13-29(4,5)14-12-27;/h9-10,15H,6-8,11-14H2,1-5H3;1H. The van der Waals surface area contributed by atoms with Gasteiger partial charge in [0.15, 0.2) is 11.3 Å². The van der Waals surface area contributed by atoms with Crippen molar-refractivity contribution >= 4 is 15.5 Å². The maximum atomic E-state index is 13.4. The average molecular weight is 617 g/mol. The first-order chi connectivity index (χ1) is 16.1. The molecule has 0 amide bonds. The molecule has 1 N–H and O–H groups in total. The molecule has 1 aliphatic rings. The van der Waals surface area contributed by atoms with Crippen LogP contribution in [0.5, 0.6) is 5.75 Å². The molecule has 0 radical (unpaired) electrons. The summed E-state index contributed by atoms with van der Waals surface area (Å²) in [5, 5.41) is 4.65. The molecule has 1 saturated heterocycles. The Bertz CT molecular complexity index is 1370. The van der Waals surface area contributed by atoms with Crippen LogP contribution in [-0.4, -0.2) is 83.7 Å². The molecule has 1 fully saturated rings. The van der Waals surface area contributed by atoms with Crippen molar-refractivity contribution in [3.05, 3.63) is 40.1 Å². The lowest BCUT2D eigenvalue weighted by atomic mass is 10.2. The fourth-order valence-electron chi connectivity index (χ4n) is 4.26. The van der Waals surface area contributed by atoms with Gasteiger partial charge >= 0.3 is 0 Å². The van der Waals surface area contributed by atoms with Crippen molar-refractivity contribution in [3.63, 3.8) is 0 Å². The van der Waals surface area contributed by atoms with Crippen LogP contribution in [0.25, 0.3) is 16.9 Å². The highest BCUT2D eigenvalue weighted by Crippen LogP contribution is 2.31. The van der Waals surface area contributed by atoms with E-state index in [0.717, 1.165) is 24.0 Å².